The van der Waals surface area contributed by atoms with Gasteiger partial charge in [0.15, 0.2) is 6.17 Å². The van der Waals surface area contributed by atoms with Gasteiger partial charge in [-0.25, -0.2) is 4.39 Å². The van der Waals surface area contributed by atoms with Gasteiger partial charge >= 0.3 is 0 Å². The maximum Gasteiger partial charge on any atom is 0.192 e. The average molecular weight is 305 g/mol. The number of allylic oxidation sites excluding steroid dienone is 2. The number of aliphatic hydroxyl groups is 1. The van der Waals surface area contributed by atoms with Crippen LogP contribution >= 0.6 is 0 Å². The summed E-state index contributed by atoms with van der Waals surface area (Å²) in [4.78, 5) is 0. The molecular formula is C17H24FN3O. The van der Waals surface area contributed by atoms with E-state index in [2.05, 4.69) is 6.08 Å². The van der Waals surface area contributed by atoms with Gasteiger partial charge in [-0.05, 0) is 56.6 Å². The predicted molar refractivity (Wildman–Crippen MR) is 86.9 cm³/mol. The van der Waals surface area contributed by atoms with Crippen LogP contribution in [0.5, 0.6) is 0 Å². The molecular weight excluding hydrogens is 281 g/mol. The number of halogens is 1. The molecule has 120 valence electrons. The second kappa shape index (κ2) is 7.49. The van der Waals surface area contributed by atoms with Crippen LogP contribution in [0.25, 0.3) is 0 Å². The zero-order valence-corrected chi connectivity index (χ0v) is 13.0. The van der Waals surface area contributed by atoms with E-state index in [0.717, 1.165) is 49.7 Å². The first-order chi connectivity index (χ1) is 10.5. The zero-order chi connectivity index (χ0) is 16.1. The van der Waals surface area contributed by atoms with E-state index in [4.69, 9.17) is 10.8 Å². The number of aryl methyl sites for hydroxylation is 2. The van der Waals surface area contributed by atoms with Crippen molar-refractivity contribution in [3.05, 3.63) is 35.2 Å². The highest BCUT2D eigenvalue weighted by Crippen LogP contribution is 2.23. The normalized spacial score (nSPS) is 20.1. The second-order valence-electron chi connectivity index (χ2n) is 5.96. The molecule has 0 saturated carbocycles. The van der Waals surface area contributed by atoms with E-state index in [1.54, 1.807) is 12.4 Å². The van der Waals surface area contributed by atoms with Crippen LogP contribution in [0.2, 0.25) is 0 Å². The van der Waals surface area contributed by atoms with E-state index in [0.29, 0.717) is 6.21 Å². The molecule has 0 aliphatic heterocycles. The first kappa shape index (κ1) is 16.6. The van der Waals surface area contributed by atoms with Gasteiger partial charge in [0.2, 0.25) is 0 Å². The van der Waals surface area contributed by atoms with Crippen molar-refractivity contribution in [3.63, 3.8) is 0 Å². The smallest absolute Gasteiger partial charge is 0.192 e. The molecule has 1 aromatic rings. The van der Waals surface area contributed by atoms with Crippen LogP contribution in [0.1, 0.15) is 43.2 Å². The Bertz CT molecular complexity index is 576. The summed E-state index contributed by atoms with van der Waals surface area (Å²) < 4.78 is 14.9. The van der Waals surface area contributed by atoms with Crippen molar-refractivity contribution < 1.29 is 9.50 Å². The van der Waals surface area contributed by atoms with Crippen molar-refractivity contribution in [1.29, 1.82) is 10.8 Å². The van der Waals surface area contributed by atoms with Gasteiger partial charge in [0.25, 0.3) is 0 Å². The third kappa shape index (κ3) is 4.13. The predicted octanol–water partition coefficient (Wildman–Crippen LogP) is 3.40. The minimum Gasteiger partial charge on any atom is -0.393 e. The van der Waals surface area contributed by atoms with E-state index in [-0.39, 0.29) is 11.9 Å². The Morgan fingerprint density at radius 2 is 2.23 bits per heavy atom. The lowest BCUT2D eigenvalue weighted by Gasteiger charge is -2.07. The van der Waals surface area contributed by atoms with Crippen LogP contribution in [0.4, 0.5) is 4.39 Å². The molecule has 1 aliphatic rings. The lowest BCUT2D eigenvalue weighted by atomic mass is 10.0. The summed E-state index contributed by atoms with van der Waals surface area (Å²) in [6.45, 7) is 1.96. The zero-order valence-electron chi connectivity index (χ0n) is 13.0. The molecule has 1 heterocycles. The number of nitrogens with zero attached hydrogens (tertiary/aromatic N) is 1. The molecule has 0 fully saturated rings. The fraction of sp³-hybridized carbons (Fsp3) is 0.529. The summed E-state index contributed by atoms with van der Waals surface area (Å²) in [5, 5.41) is 24.3. The minimum absolute atomic E-state index is 0.181. The van der Waals surface area contributed by atoms with E-state index >= 15 is 0 Å². The Balaban J connectivity index is 1.99. The van der Waals surface area contributed by atoms with Crippen LogP contribution in [0.15, 0.2) is 24.0 Å². The van der Waals surface area contributed by atoms with Crippen molar-refractivity contribution in [1.82, 2.24) is 4.57 Å². The van der Waals surface area contributed by atoms with Gasteiger partial charge in [0.1, 0.15) is 5.84 Å². The Morgan fingerprint density at radius 1 is 1.45 bits per heavy atom. The van der Waals surface area contributed by atoms with Crippen molar-refractivity contribution in [3.8, 4) is 0 Å². The molecule has 2 unspecified atom stereocenters. The van der Waals surface area contributed by atoms with Gasteiger partial charge in [0, 0.05) is 18.6 Å². The third-order valence-electron chi connectivity index (χ3n) is 4.27. The fourth-order valence-corrected chi connectivity index (χ4v) is 2.82. The summed E-state index contributed by atoms with van der Waals surface area (Å²) in [7, 11) is 0. The Kier molecular flexibility index (Phi) is 5.66. The second-order valence-corrected chi connectivity index (χ2v) is 5.96. The van der Waals surface area contributed by atoms with E-state index in [1.807, 2.05) is 6.92 Å². The van der Waals surface area contributed by atoms with E-state index in [9.17, 15) is 9.50 Å². The monoisotopic (exact) mass is 305 g/mol. The van der Waals surface area contributed by atoms with E-state index in [1.165, 1.54) is 10.1 Å². The fourth-order valence-electron chi connectivity index (χ4n) is 2.82. The Hall–Kier alpha value is -1.75. The molecule has 2 rings (SSSR count). The Morgan fingerprint density at radius 3 is 2.95 bits per heavy atom. The summed E-state index contributed by atoms with van der Waals surface area (Å²) in [6, 6.07) is 0. The summed E-state index contributed by atoms with van der Waals surface area (Å²) in [6.07, 6.45) is 9.92. The van der Waals surface area contributed by atoms with Gasteiger partial charge in [-0.15, -0.1) is 0 Å². The molecule has 3 N–H and O–H groups in total. The first-order valence-electron chi connectivity index (χ1n) is 7.78. The summed E-state index contributed by atoms with van der Waals surface area (Å²) in [5.74, 6) is -0.221. The molecule has 0 spiro atoms. The molecule has 0 amide bonds. The number of hydrogen-bond donors (Lipinski definition) is 3. The number of nitrogens with one attached hydrogen (secondary N) is 2. The number of aliphatic hydroxyl groups excluding tert-OH is 1. The van der Waals surface area contributed by atoms with Crippen molar-refractivity contribution in [2.75, 3.05) is 0 Å². The number of rotatable bonds is 5. The highest BCUT2D eigenvalue weighted by Gasteiger charge is 2.15. The van der Waals surface area contributed by atoms with Crippen LogP contribution in [-0.2, 0) is 6.42 Å². The minimum atomic E-state index is -1.66. The molecule has 0 bridgehead atoms. The summed E-state index contributed by atoms with van der Waals surface area (Å²) in [5.41, 5.74) is 3.52. The highest BCUT2D eigenvalue weighted by molar-refractivity contribution is 5.98. The maximum atomic E-state index is 13.4. The molecule has 1 aliphatic carbocycles. The molecule has 1 aromatic heterocycles. The average Bonchev–Trinajstić information content (AvgIpc) is 2.75. The molecule has 0 saturated heterocycles. The quantitative estimate of drug-likeness (QED) is 0.435. The molecule has 0 radical (unpaired) electrons. The number of hydrogen-bond acceptors (Lipinski definition) is 3. The molecule has 4 nitrogen and oxygen atoms in total. The van der Waals surface area contributed by atoms with Gasteiger partial charge in [-0.3, -0.25) is 5.41 Å². The summed E-state index contributed by atoms with van der Waals surface area (Å²) >= 11 is 0. The number of alkyl halides is 1. The van der Waals surface area contributed by atoms with Crippen molar-refractivity contribution >= 4 is 12.1 Å². The molecule has 2 atom stereocenters. The maximum absolute atomic E-state index is 13.4. The van der Waals surface area contributed by atoms with Crippen molar-refractivity contribution in [2.45, 2.75) is 57.7 Å². The lowest BCUT2D eigenvalue weighted by molar-refractivity contribution is 0.158. The van der Waals surface area contributed by atoms with Crippen LogP contribution in [-0.4, -0.2) is 34.0 Å². The molecule has 5 heteroatoms. The highest BCUT2D eigenvalue weighted by atomic mass is 19.1. The van der Waals surface area contributed by atoms with Crippen LogP contribution in [0, 0.1) is 17.7 Å². The van der Waals surface area contributed by atoms with E-state index < -0.39 is 6.17 Å². The SMILES string of the molecule is Cc1cn(C(=N)C(F)C=N)cc1CCC1=CCCC(O)CC1. The first-order valence-corrected chi connectivity index (χ1v) is 7.78. The van der Waals surface area contributed by atoms with Crippen LogP contribution < -0.4 is 0 Å². The van der Waals surface area contributed by atoms with Gasteiger partial charge in [-0.2, -0.15) is 0 Å². The lowest BCUT2D eigenvalue weighted by Crippen LogP contribution is -2.22. The standard InChI is InChI=1S/C17H24FN3O/c1-12-10-21(17(20)16(18)9-19)11-14(12)7-5-13-3-2-4-15(22)8-6-13/h3,9-11,15-16,19-20,22H,2,4-8H2,1H3. The van der Waals surface area contributed by atoms with Gasteiger partial charge < -0.3 is 15.1 Å². The van der Waals surface area contributed by atoms with Crippen molar-refractivity contribution in [2.24, 2.45) is 0 Å². The largest absolute Gasteiger partial charge is 0.393 e. The van der Waals surface area contributed by atoms with Gasteiger partial charge in [0.05, 0.1) is 6.10 Å². The molecule has 0 aromatic carbocycles. The topological polar surface area (TPSA) is 72.9 Å². The van der Waals surface area contributed by atoms with Crippen LogP contribution in [0.3, 0.4) is 0 Å². The molecule has 22 heavy (non-hydrogen) atoms. The van der Waals surface area contributed by atoms with Gasteiger partial charge in [-0.1, -0.05) is 11.6 Å². The Labute approximate surface area is 130 Å². The number of aromatic nitrogens is 1. The third-order valence-corrected chi connectivity index (χ3v) is 4.27.